The van der Waals surface area contributed by atoms with E-state index in [0.29, 0.717) is 23.9 Å². The molecule has 0 aromatic heterocycles. The van der Waals surface area contributed by atoms with Crippen molar-refractivity contribution in [2.45, 2.75) is 63.1 Å². The number of ether oxygens (including phenoxy) is 1. The fraction of sp³-hybridized carbons (Fsp3) is 0.522. The number of nitrogens with one attached hydrogen (secondary N) is 1. The SMILES string of the molecule is COC(=O)C1CC2CCCCC2N1C(=O)C=Cc1ccc(C(=O)NC2CC2)cc1. The van der Waals surface area contributed by atoms with Gasteiger partial charge in [0, 0.05) is 23.7 Å². The Morgan fingerprint density at radius 2 is 1.79 bits per heavy atom. The summed E-state index contributed by atoms with van der Waals surface area (Å²) in [6.45, 7) is 0. The molecule has 1 heterocycles. The second kappa shape index (κ2) is 8.39. The van der Waals surface area contributed by atoms with Crippen molar-refractivity contribution in [3.63, 3.8) is 0 Å². The summed E-state index contributed by atoms with van der Waals surface area (Å²) in [5.74, 6) is -0.146. The number of hydrogen-bond acceptors (Lipinski definition) is 4. The molecule has 29 heavy (non-hydrogen) atoms. The first-order valence-corrected chi connectivity index (χ1v) is 10.6. The molecule has 1 N–H and O–H groups in total. The molecule has 6 heteroatoms. The molecule has 0 bridgehead atoms. The van der Waals surface area contributed by atoms with Gasteiger partial charge in [-0.05, 0) is 61.8 Å². The smallest absolute Gasteiger partial charge is 0.328 e. The molecule has 1 aromatic rings. The maximum absolute atomic E-state index is 13.0. The quantitative estimate of drug-likeness (QED) is 0.613. The summed E-state index contributed by atoms with van der Waals surface area (Å²) in [6, 6.07) is 7.16. The van der Waals surface area contributed by atoms with Crippen LogP contribution >= 0.6 is 0 Å². The number of carbonyl (C=O) groups is 3. The van der Waals surface area contributed by atoms with E-state index >= 15 is 0 Å². The number of nitrogens with zero attached hydrogens (tertiary/aromatic N) is 1. The molecule has 2 amide bonds. The molecule has 3 aliphatic rings. The monoisotopic (exact) mass is 396 g/mol. The number of amides is 2. The number of benzene rings is 1. The third kappa shape index (κ3) is 4.36. The van der Waals surface area contributed by atoms with Crippen molar-refractivity contribution < 1.29 is 19.1 Å². The van der Waals surface area contributed by atoms with Gasteiger partial charge in [-0.1, -0.05) is 25.0 Å². The fourth-order valence-electron chi connectivity index (χ4n) is 4.62. The average molecular weight is 396 g/mol. The Hall–Kier alpha value is -2.63. The molecule has 3 fully saturated rings. The van der Waals surface area contributed by atoms with Crippen LogP contribution in [0.5, 0.6) is 0 Å². The lowest BCUT2D eigenvalue weighted by Crippen LogP contribution is -2.45. The number of methoxy groups -OCH3 is 1. The van der Waals surface area contributed by atoms with E-state index in [4.69, 9.17) is 4.74 Å². The molecule has 1 aliphatic heterocycles. The first-order chi connectivity index (χ1) is 14.1. The Bertz CT molecular complexity index is 813. The van der Waals surface area contributed by atoms with Crippen LogP contribution in [0.2, 0.25) is 0 Å². The third-order valence-corrected chi connectivity index (χ3v) is 6.32. The summed E-state index contributed by atoms with van der Waals surface area (Å²) < 4.78 is 4.96. The van der Waals surface area contributed by atoms with Crippen LogP contribution in [0.1, 0.15) is 60.9 Å². The van der Waals surface area contributed by atoms with Crippen molar-refractivity contribution in [1.82, 2.24) is 10.2 Å². The van der Waals surface area contributed by atoms with Gasteiger partial charge in [0.15, 0.2) is 0 Å². The predicted molar refractivity (Wildman–Crippen MR) is 109 cm³/mol. The Kier molecular flexibility index (Phi) is 5.69. The largest absolute Gasteiger partial charge is 0.467 e. The van der Waals surface area contributed by atoms with Crippen molar-refractivity contribution in [2.75, 3.05) is 7.11 Å². The minimum atomic E-state index is -0.487. The van der Waals surface area contributed by atoms with Crippen LogP contribution in [-0.2, 0) is 14.3 Å². The highest BCUT2D eigenvalue weighted by Gasteiger charge is 2.47. The second-order valence-electron chi connectivity index (χ2n) is 8.34. The minimum Gasteiger partial charge on any atom is -0.467 e. The normalized spacial score (nSPS) is 26.2. The topological polar surface area (TPSA) is 75.7 Å². The Morgan fingerprint density at radius 1 is 1.07 bits per heavy atom. The zero-order valence-corrected chi connectivity index (χ0v) is 16.8. The molecule has 1 saturated heterocycles. The van der Waals surface area contributed by atoms with Gasteiger partial charge >= 0.3 is 5.97 Å². The van der Waals surface area contributed by atoms with Gasteiger partial charge in [0.2, 0.25) is 5.91 Å². The van der Waals surface area contributed by atoms with Gasteiger partial charge in [0.25, 0.3) is 5.91 Å². The van der Waals surface area contributed by atoms with Crippen molar-refractivity contribution in [3.05, 3.63) is 41.5 Å². The molecule has 0 spiro atoms. The number of hydrogen-bond donors (Lipinski definition) is 1. The highest BCUT2D eigenvalue weighted by atomic mass is 16.5. The van der Waals surface area contributed by atoms with E-state index in [-0.39, 0.29) is 23.8 Å². The van der Waals surface area contributed by atoms with E-state index in [1.807, 2.05) is 12.1 Å². The summed E-state index contributed by atoms with van der Waals surface area (Å²) in [7, 11) is 1.38. The average Bonchev–Trinajstić information content (AvgIpc) is 3.47. The molecular formula is C23H28N2O4. The molecular weight excluding hydrogens is 368 g/mol. The van der Waals surface area contributed by atoms with E-state index < -0.39 is 6.04 Å². The van der Waals surface area contributed by atoms with E-state index in [2.05, 4.69) is 5.32 Å². The summed E-state index contributed by atoms with van der Waals surface area (Å²) in [5.41, 5.74) is 1.46. The summed E-state index contributed by atoms with van der Waals surface area (Å²) in [6.07, 6.45) is 10.3. The van der Waals surface area contributed by atoms with Crippen LogP contribution in [0.4, 0.5) is 0 Å². The van der Waals surface area contributed by atoms with Crippen LogP contribution in [0.3, 0.4) is 0 Å². The first kappa shape index (κ1) is 19.7. The van der Waals surface area contributed by atoms with E-state index in [0.717, 1.165) is 44.1 Å². The maximum atomic E-state index is 13.0. The van der Waals surface area contributed by atoms with Gasteiger partial charge in [-0.15, -0.1) is 0 Å². The maximum Gasteiger partial charge on any atom is 0.328 e. The number of fused-ring (bicyclic) bond motifs is 1. The van der Waals surface area contributed by atoms with Crippen molar-refractivity contribution in [1.29, 1.82) is 0 Å². The molecule has 3 atom stereocenters. The molecule has 2 aliphatic carbocycles. The molecule has 0 radical (unpaired) electrons. The van der Waals surface area contributed by atoms with Gasteiger partial charge in [-0.2, -0.15) is 0 Å². The fourth-order valence-corrected chi connectivity index (χ4v) is 4.62. The van der Waals surface area contributed by atoms with Gasteiger partial charge < -0.3 is 15.0 Å². The Morgan fingerprint density at radius 3 is 2.48 bits per heavy atom. The number of likely N-dealkylation sites (tertiary alicyclic amines) is 1. The van der Waals surface area contributed by atoms with E-state index in [1.165, 1.54) is 13.2 Å². The zero-order chi connectivity index (χ0) is 20.4. The van der Waals surface area contributed by atoms with Gasteiger partial charge in [-0.3, -0.25) is 9.59 Å². The lowest BCUT2D eigenvalue weighted by molar-refractivity contribution is -0.150. The molecule has 154 valence electrons. The van der Waals surface area contributed by atoms with Crippen LogP contribution in [0.15, 0.2) is 30.3 Å². The first-order valence-electron chi connectivity index (χ1n) is 10.6. The second-order valence-corrected chi connectivity index (χ2v) is 8.34. The summed E-state index contributed by atoms with van der Waals surface area (Å²) in [4.78, 5) is 39.0. The third-order valence-electron chi connectivity index (χ3n) is 6.32. The van der Waals surface area contributed by atoms with Gasteiger partial charge in [0.1, 0.15) is 6.04 Å². The van der Waals surface area contributed by atoms with Crippen LogP contribution in [0, 0.1) is 5.92 Å². The number of esters is 1. The van der Waals surface area contributed by atoms with Gasteiger partial charge in [0.05, 0.1) is 7.11 Å². The van der Waals surface area contributed by atoms with E-state index in [9.17, 15) is 14.4 Å². The lowest BCUT2D eigenvalue weighted by atomic mass is 9.85. The van der Waals surface area contributed by atoms with Gasteiger partial charge in [-0.25, -0.2) is 4.79 Å². The Balaban J connectivity index is 1.44. The molecule has 3 unspecified atom stereocenters. The highest BCUT2D eigenvalue weighted by Crippen LogP contribution is 2.40. The minimum absolute atomic E-state index is 0.0552. The predicted octanol–water partition coefficient (Wildman–Crippen LogP) is 2.92. The summed E-state index contributed by atoms with van der Waals surface area (Å²) in [5, 5.41) is 2.96. The Labute approximate surface area is 171 Å². The lowest BCUT2D eigenvalue weighted by Gasteiger charge is -2.32. The molecule has 2 saturated carbocycles. The highest BCUT2D eigenvalue weighted by molar-refractivity contribution is 5.96. The molecule has 6 nitrogen and oxygen atoms in total. The van der Waals surface area contributed by atoms with Crippen molar-refractivity contribution >= 4 is 23.9 Å². The van der Waals surface area contributed by atoms with Crippen LogP contribution in [0.25, 0.3) is 6.08 Å². The van der Waals surface area contributed by atoms with Crippen molar-refractivity contribution in [2.24, 2.45) is 5.92 Å². The summed E-state index contributed by atoms with van der Waals surface area (Å²) >= 11 is 0. The number of carbonyl (C=O) groups excluding carboxylic acids is 3. The molecule has 4 rings (SSSR count). The van der Waals surface area contributed by atoms with E-state index in [1.54, 1.807) is 23.1 Å². The molecule has 1 aromatic carbocycles. The van der Waals surface area contributed by atoms with Crippen molar-refractivity contribution in [3.8, 4) is 0 Å². The van der Waals surface area contributed by atoms with Crippen LogP contribution in [-0.4, -0.2) is 47.9 Å². The number of rotatable bonds is 5. The van der Waals surface area contributed by atoms with Crippen LogP contribution < -0.4 is 5.32 Å². The standard InChI is InChI=1S/C23H28N2O4/c1-29-23(28)20-14-17-4-2-3-5-19(17)25(20)21(26)13-8-15-6-9-16(10-7-15)22(27)24-18-11-12-18/h6-10,13,17-20H,2-5,11-12,14H2,1H3,(H,24,27). The zero-order valence-electron chi connectivity index (χ0n) is 16.8.